The van der Waals surface area contributed by atoms with Crippen LogP contribution in [0, 0.1) is 0 Å². The maximum absolute atomic E-state index is 6.14. The van der Waals surface area contributed by atoms with Crippen molar-refractivity contribution in [3.8, 4) is 0 Å². The number of aryl methyl sites for hydroxylation is 1. The molecule has 3 heteroatoms. The predicted octanol–water partition coefficient (Wildman–Crippen LogP) is 4.92. The number of likely N-dealkylation sites (N-methyl/N-ethyl adjacent to an activating group) is 1. The molecule has 130 valence electrons. The van der Waals surface area contributed by atoms with E-state index in [1.807, 2.05) is 17.4 Å². The second-order valence-electron chi connectivity index (χ2n) is 6.90. The van der Waals surface area contributed by atoms with Crippen LogP contribution < -0.4 is 5.73 Å². The fourth-order valence-electron chi connectivity index (χ4n) is 3.97. The Morgan fingerprint density at radius 1 is 1.17 bits per heavy atom. The summed E-state index contributed by atoms with van der Waals surface area (Å²) in [7, 11) is 0. The molecular weight excluding hydrogens is 312 g/mol. The van der Waals surface area contributed by atoms with E-state index in [0.717, 1.165) is 18.7 Å². The number of hydrogen-bond donors (Lipinski definition) is 1. The Balaban J connectivity index is 1.44. The number of hydrogen-bond acceptors (Lipinski definition) is 3. The minimum Gasteiger partial charge on any atom is -0.398 e. The molecule has 1 aromatic heterocycles. The van der Waals surface area contributed by atoms with E-state index in [1.165, 1.54) is 61.1 Å². The molecule has 1 aromatic carbocycles. The summed E-state index contributed by atoms with van der Waals surface area (Å²) in [5, 5.41) is 2.18. The maximum atomic E-state index is 6.14. The summed E-state index contributed by atoms with van der Waals surface area (Å²) < 4.78 is 0. The van der Waals surface area contributed by atoms with Crippen molar-refractivity contribution in [3.05, 3.63) is 51.7 Å². The number of unbranched alkanes of at least 4 members (excludes halogenated alkanes) is 2. The van der Waals surface area contributed by atoms with E-state index in [4.69, 9.17) is 5.73 Å². The van der Waals surface area contributed by atoms with E-state index in [1.54, 1.807) is 0 Å². The highest BCUT2D eigenvalue weighted by Gasteiger charge is 2.24. The summed E-state index contributed by atoms with van der Waals surface area (Å²) in [6, 6.07) is 11.5. The van der Waals surface area contributed by atoms with Gasteiger partial charge >= 0.3 is 0 Å². The normalized spacial score (nSPS) is 17.2. The van der Waals surface area contributed by atoms with Gasteiger partial charge in [0.2, 0.25) is 0 Å². The lowest BCUT2D eigenvalue weighted by atomic mass is 9.86. The molecule has 1 aliphatic carbocycles. The standard InChI is InChI=1S/C21H30N2S/c1-2-23(14-5-3-4-9-19-10-7-15-24-19)18-12-13-20-17(16-18)8-6-11-21(20)22/h6-8,10-11,15,18H,2-5,9,12-14,16,22H2,1H3. The van der Waals surface area contributed by atoms with Crippen molar-refractivity contribution in [1.82, 2.24) is 4.90 Å². The number of nitrogen functional groups attached to an aromatic ring is 1. The van der Waals surface area contributed by atoms with Gasteiger partial charge in [-0.05, 0) is 80.3 Å². The number of nitrogens with two attached hydrogens (primary N) is 1. The Morgan fingerprint density at radius 2 is 2.08 bits per heavy atom. The average Bonchev–Trinajstić information content (AvgIpc) is 3.11. The Morgan fingerprint density at radius 3 is 2.88 bits per heavy atom. The molecule has 2 aromatic rings. The van der Waals surface area contributed by atoms with Crippen LogP contribution in [0.3, 0.4) is 0 Å². The van der Waals surface area contributed by atoms with E-state index in [-0.39, 0.29) is 0 Å². The van der Waals surface area contributed by atoms with Gasteiger partial charge in [0.1, 0.15) is 0 Å². The Hall–Kier alpha value is -1.32. The van der Waals surface area contributed by atoms with Crippen LogP contribution in [0.4, 0.5) is 5.69 Å². The first-order valence-electron chi connectivity index (χ1n) is 9.40. The molecule has 0 saturated carbocycles. The molecule has 0 amide bonds. The Labute approximate surface area is 150 Å². The van der Waals surface area contributed by atoms with Crippen LogP contribution in [-0.4, -0.2) is 24.0 Å². The molecule has 3 rings (SSSR count). The molecule has 0 spiro atoms. The minimum absolute atomic E-state index is 0.696. The van der Waals surface area contributed by atoms with Crippen LogP contribution in [0.15, 0.2) is 35.7 Å². The number of benzene rings is 1. The van der Waals surface area contributed by atoms with Crippen LogP contribution in [0.2, 0.25) is 0 Å². The number of nitrogens with zero attached hydrogens (tertiary/aromatic N) is 1. The maximum Gasteiger partial charge on any atom is 0.0349 e. The molecule has 0 aliphatic heterocycles. The summed E-state index contributed by atoms with van der Waals surface area (Å²) in [6.45, 7) is 4.71. The van der Waals surface area contributed by atoms with Gasteiger partial charge in [0.15, 0.2) is 0 Å². The number of thiophene rings is 1. The van der Waals surface area contributed by atoms with Gasteiger partial charge in [-0.15, -0.1) is 11.3 Å². The zero-order valence-corrected chi connectivity index (χ0v) is 15.7. The average molecular weight is 343 g/mol. The van der Waals surface area contributed by atoms with Crippen LogP contribution in [0.1, 0.15) is 48.6 Å². The van der Waals surface area contributed by atoms with Gasteiger partial charge < -0.3 is 10.6 Å². The fraction of sp³-hybridized carbons (Fsp3) is 0.524. The summed E-state index contributed by atoms with van der Waals surface area (Å²) >= 11 is 1.89. The molecule has 1 atom stereocenters. The third kappa shape index (κ3) is 4.40. The number of rotatable bonds is 8. The Bertz CT molecular complexity index is 621. The molecule has 0 fully saturated rings. The summed E-state index contributed by atoms with van der Waals surface area (Å²) in [5.74, 6) is 0. The molecule has 24 heavy (non-hydrogen) atoms. The topological polar surface area (TPSA) is 29.3 Å². The molecular formula is C21H30N2S. The van der Waals surface area contributed by atoms with E-state index in [9.17, 15) is 0 Å². The highest BCUT2D eigenvalue weighted by molar-refractivity contribution is 7.09. The second kappa shape index (κ2) is 8.68. The summed E-state index contributed by atoms with van der Waals surface area (Å²) in [4.78, 5) is 4.22. The van der Waals surface area contributed by atoms with Gasteiger partial charge in [0.25, 0.3) is 0 Å². The van der Waals surface area contributed by atoms with Gasteiger partial charge in [-0.2, -0.15) is 0 Å². The fourth-order valence-corrected chi connectivity index (χ4v) is 4.73. The molecule has 1 aliphatic rings. The van der Waals surface area contributed by atoms with Crippen LogP contribution >= 0.6 is 11.3 Å². The van der Waals surface area contributed by atoms with Crippen molar-refractivity contribution >= 4 is 17.0 Å². The van der Waals surface area contributed by atoms with Crippen molar-refractivity contribution in [2.45, 2.75) is 57.9 Å². The van der Waals surface area contributed by atoms with Gasteiger partial charge in [-0.25, -0.2) is 0 Å². The molecule has 2 nitrogen and oxygen atoms in total. The number of fused-ring (bicyclic) bond motifs is 1. The van der Waals surface area contributed by atoms with Crippen LogP contribution in [-0.2, 0) is 19.3 Å². The van der Waals surface area contributed by atoms with E-state index < -0.39 is 0 Å². The lowest BCUT2D eigenvalue weighted by molar-refractivity contribution is 0.185. The monoisotopic (exact) mass is 342 g/mol. The van der Waals surface area contributed by atoms with Gasteiger partial charge in [0, 0.05) is 16.6 Å². The van der Waals surface area contributed by atoms with Gasteiger partial charge in [-0.3, -0.25) is 0 Å². The smallest absolute Gasteiger partial charge is 0.0349 e. The number of anilines is 1. The van der Waals surface area contributed by atoms with Crippen LogP contribution in [0.25, 0.3) is 0 Å². The first-order chi connectivity index (χ1) is 11.8. The van der Waals surface area contributed by atoms with Gasteiger partial charge in [-0.1, -0.05) is 31.5 Å². The highest BCUT2D eigenvalue weighted by atomic mass is 32.1. The van der Waals surface area contributed by atoms with Crippen molar-refractivity contribution in [2.75, 3.05) is 18.8 Å². The van der Waals surface area contributed by atoms with Crippen LogP contribution in [0.5, 0.6) is 0 Å². The molecule has 0 saturated heterocycles. The zero-order chi connectivity index (χ0) is 16.8. The molecule has 0 bridgehead atoms. The van der Waals surface area contributed by atoms with E-state index in [0.29, 0.717) is 6.04 Å². The molecule has 1 heterocycles. The lowest BCUT2D eigenvalue weighted by Gasteiger charge is -2.35. The zero-order valence-electron chi connectivity index (χ0n) is 14.8. The third-order valence-corrected chi connectivity index (χ3v) is 6.30. The first-order valence-corrected chi connectivity index (χ1v) is 10.3. The summed E-state index contributed by atoms with van der Waals surface area (Å²) in [6.07, 6.45) is 8.79. The van der Waals surface area contributed by atoms with Crippen molar-refractivity contribution < 1.29 is 0 Å². The molecule has 0 radical (unpaired) electrons. The predicted molar refractivity (Wildman–Crippen MR) is 106 cm³/mol. The van der Waals surface area contributed by atoms with Crippen molar-refractivity contribution in [2.24, 2.45) is 0 Å². The first kappa shape index (κ1) is 17.5. The second-order valence-corrected chi connectivity index (χ2v) is 7.93. The molecule has 2 N–H and O–H groups in total. The largest absolute Gasteiger partial charge is 0.398 e. The summed E-state index contributed by atoms with van der Waals surface area (Å²) in [5.41, 5.74) is 10.0. The molecule has 1 unspecified atom stereocenters. The van der Waals surface area contributed by atoms with E-state index in [2.05, 4.69) is 41.5 Å². The van der Waals surface area contributed by atoms with Crippen molar-refractivity contribution in [1.29, 1.82) is 0 Å². The van der Waals surface area contributed by atoms with E-state index >= 15 is 0 Å². The Kier molecular flexibility index (Phi) is 6.33. The van der Waals surface area contributed by atoms with Crippen molar-refractivity contribution in [3.63, 3.8) is 0 Å². The minimum atomic E-state index is 0.696. The SMILES string of the molecule is CCN(CCCCCc1cccs1)C1CCc2c(N)cccc2C1. The van der Waals surface area contributed by atoms with Gasteiger partial charge in [0.05, 0.1) is 0 Å². The lowest BCUT2D eigenvalue weighted by Crippen LogP contribution is -2.40. The third-order valence-electron chi connectivity index (χ3n) is 5.36. The highest BCUT2D eigenvalue weighted by Crippen LogP contribution is 2.28. The quantitative estimate of drug-likeness (QED) is 0.545.